The SMILES string of the molecule is CCCOC(=O)[C@H](C)N(C)P(=O)(OCC)[C@@H](F)c1ccc2sc(C(=O)N[C@H]3CC[C@H](N(C)C4CC(OC(F)(F)F)C4)C[C@H]4CC[C@@H](C(=O)N5C[C@H](c6ccccc6)CC56CC6)N4C3=O)cc2c1. The van der Waals surface area contributed by atoms with Crippen molar-refractivity contribution in [1.82, 2.24) is 24.7 Å². The van der Waals surface area contributed by atoms with E-state index < -0.39 is 55.9 Å². The molecule has 8 atom stereocenters. The van der Waals surface area contributed by atoms with Crippen molar-refractivity contribution in [3.63, 3.8) is 0 Å². The number of hydrogen-bond acceptors (Lipinski definition) is 10. The van der Waals surface area contributed by atoms with Gasteiger partial charge in [0.1, 0.15) is 18.1 Å². The highest BCUT2D eigenvalue weighted by molar-refractivity contribution is 7.56. The molecule has 2 aromatic carbocycles. The lowest BCUT2D eigenvalue weighted by atomic mass is 9.85. The molecule has 1 aromatic heterocycles. The molecule has 3 saturated heterocycles. The number of likely N-dealkylation sites (tertiary alicyclic amines) is 1. The number of benzene rings is 2. The second kappa shape index (κ2) is 19.8. The van der Waals surface area contributed by atoms with Crippen LogP contribution in [0.2, 0.25) is 0 Å². The van der Waals surface area contributed by atoms with Crippen LogP contribution in [0, 0.1) is 0 Å². The average Bonchev–Trinajstić information content (AvgIpc) is 3.56. The third kappa shape index (κ3) is 10.2. The Morgan fingerprint density at radius 1 is 0.985 bits per heavy atom. The fraction of sp³-hybridized carbons (Fsp3) is 0.625. The molecule has 2 saturated carbocycles. The first-order valence-electron chi connectivity index (χ1n) is 23.6. The highest BCUT2D eigenvalue weighted by Crippen LogP contribution is 2.64. The molecule has 1 unspecified atom stereocenters. The van der Waals surface area contributed by atoms with Gasteiger partial charge in [0.25, 0.3) is 5.91 Å². The van der Waals surface area contributed by atoms with Crippen molar-refractivity contribution >= 4 is 52.6 Å². The van der Waals surface area contributed by atoms with Gasteiger partial charge in [-0.25, -0.2) is 9.06 Å². The molecule has 366 valence electrons. The van der Waals surface area contributed by atoms with Crippen molar-refractivity contribution in [2.24, 2.45) is 0 Å². The van der Waals surface area contributed by atoms with Gasteiger partial charge in [0, 0.05) is 40.8 Å². The lowest BCUT2D eigenvalue weighted by molar-refractivity contribution is -0.354. The molecular weight excluding hydrogens is 914 g/mol. The maximum atomic E-state index is 16.5. The van der Waals surface area contributed by atoms with Gasteiger partial charge in [-0.2, -0.15) is 0 Å². The summed E-state index contributed by atoms with van der Waals surface area (Å²) in [7, 11) is -1.05. The molecule has 3 aromatic rings. The number of fused-ring (bicyclic) bond motifs is 2. The van der Waals surface area contributed by atoms with Crippen LogP contribution in [-0.4, -0.2) is 131 Å². The van der Waals surface area contributed by atoms with Crippen molar-refractivity contribution in [1.29, 1.82) is 0 Å². The van der Waals surface area contributed by atoms with E-state index in [2.05, 4.69) is 27.1 Å². The van der Waals surface area contributed by atoms with Gasteiger partial charge < -0.3 is 29.3 Å². The first-order chi connectivity index (χ1) is 31.9. The lowest BCUT2D eigenvalue weighted by Crippen LogP contribution is -2.60. The van der Waals surface area contributed by atoms with Gasteiger partial charge in [-0.15, -0.1) is 24.5 Å². The summed E-state index contributed by atoms with van der Waals surface area (Å²) in [4.78, 5) is 62.7. The van der Waals surface area contributed by atoms with Crippen molar-refractivity contribution in [3.8, 4) is 0 Å². The first kappa shape index (κ1) is 49.5. The Labute approximate surface area is 393 Å². The average molecular weight is 976 g/mol. The van der Waals surface area contributed by atoms with E-state index in [1.807, 2.05) is 37.1 Å². The van der Waals surface area contributed by atoms with Crippen molar-refractivity contribution in [2.75, 3.05) is 33.9 Å². The van der Waals surface area contributed by atoms with E-state index in [0.717, 1.165) is 35.3 Å². The molecule has 1 N–H and O–H groups in total. The molecule has 1 spiro atoms. The summed E-state index contributed by atoms with van der Waals surface area (Å²) in [6, 6.07) is 12.9. The van der Waals surface area contributed by atoms with Gasteiger partial charge in [-0.3, -0.25) is 28.5 Å². The minimum Gasteiger partial charge on any atom is -0.465 e. The van der Waals surface area contributed by atoms with Gasteiger partial charge in [-0.1, -0.05) is 43.3 Å². The first-order valence-corrected chi connectivity index (χ1v) is 26.1. The summed E-state index contributed by atoms with van der Waals surface area (Å²) in [5, 5.41) is 3.49. The van der Waals surface area contributed by atoms with Crippen molar-refractivity contribution in [2.45, 2.75) is 157 Å². The predicted octanol–water partition coefficient (Wildman–Crippen LogP) is 8.93. The summed E-state index contributed by atoms with van der Waals surface area (Å²) in [6.45, 7) is 5.53. The second-order valence-corrected chi connectivity index (χ2v) is 22.6. The quantitative estimate of drug-likeness (QED) is 0.0842. The summed E-state index contributed by atoms with van der Waals surface area (Å²) in [5.41, 5.74) is 0.968. The van der Waals surface area contributed by atoms with Crippen LogP contribution in [0.1, 0.15) is 124 Å². The molecule has 67 heavy (non-hydrogen) atoms. The van der Waals surface area contributed by atoms with Crippen LogP contribution in [0.4, 0.5) is 17.6 Å². The number of nitrogens with one attached hydrogen (secondary N) is 1. The molecule has 3 amide bonds. The zero-order valence-corrected chi connectivity index (χ0v) is 40.4. The smallest absolute Gasteiger partial charge is 0.465 e. The third-order valence-corrected chi connectivity index (χ3v) is 18.7. The van der Waals surface area contributed by atoms with Gasteiger partial charge in [0.2, 0.25) is 17.7 Å². The van der Waals surface area contributed by atoms with Gasteiger partial charge >= 0.3 is 19.9 Å². The third-order valence-electron chi connectivity index (χ3n) is 14.9. The van der Waals surface area contributed by atoms with E-state index in [0.29, 0.717) is 48.7 Å². The maximum absolute atomic E-state index is 16.5. The molecule has 0 bridgehead atoms. The second-order valence-electron chi connectivity index (χ2n) is 19.1. The van der Waals surface area contributed by atoms with Gasteiger partial charge in [0.05, 0.1) is 24.2 Å². The van der Waals surface area contributed by atoms with E-state index in [1.54, 1.807) is 24.0 Å². The largest absolute Gasteiger partial charge is 0.522 e. The normalized spacial score (nSPS) is 27.9. The van der Waals surface area contributed by atoms with Crippen LogP contribution in [-0.2, 0) is 32.9 Å². The molecule has 5 fully saturated rings. The molecular formula is C48H62F4N5O8PS. The molecule has 5 aliphatic rings. The van der Waals surface area contributed by atoms with E-state index in [-0.39, 0.29) is 84.3 Å². The summed E-state index contributed by atoms with van der Waals surface area (Å²) in [6.07, 6.45) is 0.294. The molecule has 8 rings (SSSR count). The molecule has 13 nitrogen and oxygen atoms in total. The number of ether oxygens (including phenoxy) is 2. The van der Waals surface area contributed by atoms with E-state index in [1.165, 1.54) is 31.7 Å². The number of alkyl halides is 4. The standard InChI is InChI=1S/C48H62F4N5O8PS/c1-6-21-63-46(61)29(3)55(5)66(62,64-7-2)42(49)31-13-18-40-32(22-31)23-41(67-40)43(58)53-38-16-14-34(54(4)36-25-37(26-36)65-48(50,51)52)24-35-15-17-39(57(35)44(38)59)45(60)56-28-33(27-47(56)19-20-47)30-11-9-8-10-12-30/h8-13,18,22-23,29,33-39,42H,6-7,14-17,19-21,24-28H2,1-5H3,(H,53,58)/t29-,33+,34-,35+,36?,37?,38-,39-,42+,66?/m0/s1. The van der Waals surface area contributed by atoms with Crippen molar-refractivity contribution < 1.29 is 55.3 Å². The fourth-order valence-electron chi connectivity index (χ4n) is 10.8. The number of hydrogen-bond donors (Lipinski definition) is 1. The van der Waals surface area contributed by atoms with Crippen LogP contribution < -0.4 is 5.32 Å². The number of likely N-dealkylation sites (N-methyl/N-ethyl adjacent to an activating group) is 1. The van der Waals surface area contributed by atoms with Crippen LogP contribution in [0.5, 0.6) is 0 Å². The van der Waals surface area contributed by atoms with E-state index >= 15 is 4.39 Å². The number of carbonyl (C=O) groups is 4. The van der Waals surface area contributed by atoms with E-state index in [9.17, 15) is 36.9 Å². The van der Waals surface area contributed by atoms with Crippen molar-refractivity contribution in [3.05, 3.63) is 70.6 Å². The number of thiophene rings is 1. The minimum atomic E-state index is -4.72. The number of esters is 1. The summed E-state index contributed by atoms with van der Waals surface area (Å²) in [5.74, 6) is -3.58. The van der Waals surface area contributed by atoms with Gasteiger partial charge in [0.15, 0.2) is 0 Å². The monoisotopic (exact) mass is 975 g/mol. The van der Waals surface area contributed by atoms with Crippen LogP contribution in [0.3, 0.4) is 0 Å². The highest BCUT2D eigenvalue weighted by atomic mass is 32.1. The Morgan fingerprint density at radius 3 is 2.39 bits per heavy atom. The summed E-state index contributed by atoms with van der Waals surface area (Å²) >= 11 is 1.14. The number of amides is 3. The molecule has 3 aliphatic heterocycles. The fourth-order valence-corrected chi connectivity index (χ4v) is 13.9. The minimum absolute atomic E-state index is 0.0278. The molecule has 0 radical (unpaired) electrons. The molecule has 2 aliphatic carbocycles. The topological polar surface area (TPSA) is 138 Å². The zero-order valence-electron chi connectivity index (χ0n) is 38.7. The van der Waals surface area contributed by atoms with Gasteiger partial charge in [-0.05, 0) is 133 Å². The number of carbonyl (C=O) groups excluding carboxylic acids is 4. The summed E-state index contributed by atoms with van der Waals surface area (Å²) < 4.78 is 86.7. The number of rotatable bonds is 16. The molecule has 4 heterocycles. The molecule has 19 heteroatoms. The maximum Gasteiger partial charge on any atom is 0.522 e. The number of halogens is 4. The Balaban J connectivity index is 1.02. The predicted molar refractivity (Wildman–Crippen MR) is 245 cm³/mol. The number of nitrogens with zero attached hydrogens (tertiary/aromatic N) is 4. The Kier molecular flexibility index (Phi) is 14.6. The Bertz CT molecular complexity index is 2350. The van der Waals surface area contributed by atoms with Crippen LogP contribution in [0.25, 0.3) is 10.1 Å². The Hall–Kier alpha value is -3.93. The van der Waals surface area contributed by atoms with Crippen LogP contribution >= 0.6 is 18.9 Å². The van der Waals surface area contributed by atoms with E-state index in [4.69, 9.17) is 9.26 Å². The highest BCUT2D eigenvalue weighted by Gasteiger charge is 2.59. The van der Waals surface area contributed by atoms with Crippen LogP contribution in [0.15, 0.2) is 54.6 Å². The lowest BCUT2D eigenvalue weighted by Gasteiger charge is -2.47. The zero-order chi connectivity index (χ0) is 48.0. The Morgan fingerprint density at radius 2 is 1.72 bits per heavy atom.